The fourth-order valence-corrected chi connectivity index (χ4v) is 2.93. The van der Waals surface area contributed by atoms with Crippen LogP contribution in [-0.2, 0) is 4.79 Å². The molecule has 1 aromatic rings. The van der Waals surface area contributed by atoms with E-state index in [0.29, 0.717) is 6.54 Å². The predicted octanol–water partition coefficient (Wildman–Crippen LogP) is 1.79. The van der Waals surface area contributed by atoms with Crippen molar-refractivity contribution in [2.75, 3.05) is 18.0 Å². The molecule has 2 atom stereocenters. The summed E-state index contributed by atoms with van der Waals surface area (Å²) in [5, 5.41) is 2.86. The van der Waals surface area contributed by atoms with Crippen LogP contribution in [0.25, 0.3) is 0 Å². The molecule has 0 radical (unpaired) electrons. The van der Waals surface area contributed by atoms with Crippen molar-refractivity contribution in [3.8, 4) is 0 Å². The highest BCUT2D eigenvalue weighted by Crippen LogP contribution is 2.28. The van der Waals surface area contributed by atoms with Gasteiger partial charge in [0.15, 0.2) is 0 Å². The molecule has 1 aliphatic rings. The molecule has 0 aliphatic carbocycles. The molecule has 4 nitrogen and oxygen atoms in total. The maximum absolute atomic E-state index is 11.7. The molecule has 0 bridgehead atoms. The summed E-state index contributed by atoms with van der Waals surface area (Å²) in [7, 11) is 0. The van der Waals surface area contributed by atoms with Gasteiger partial charge in [0.05, 0.1) is 0 Å². The molecule has 1 fully saturated rings. The SMILES string of the molecule is CC1C(=O)NCCN1c1ccc([C@H](C)N)c(Br)c1. The first-order valence-electron chi connectivity index (χ1n) is 6.10. The van der Waals surface area contributed by atoms with Crippen molar-refractivity contribution >= 4 is 27.5 Å². The summed E-state index contributed by atoms with van der Waals surface area (Å²) in [6, 6.07) is 5.94. The standard InChI is InChI=1S/C13H18BrN3O/c1-8(15)11-4-3-10(7-12(11)14)17-6-5-16-13(18)9(17)2/h3-4,7-9H,5-6,15H2,1-2H3,(H,16,18)/t8-,9?/m0/s1. The van der Waals surface area contributed by atoms with Gasteiger partial charge in [-0.3, -0.25) is 4.79 Å². The lowest BCUT2D eigenvalue weighted by molar-refractivity contribution is -0.122. The zero-order valence-electron chi connectivity index (χ0n) is 10.6. The van der Waals surface area contributed by atoms with E-state index in [0.717, 1.165) is 22.3 Å². The minimum Gasteiger partial charge on any atom is -0.358 e. The van der Waals surface area contributed by atoms with Crippen molar-refractivity contribution in [1.29, 1.82) is 0 Å². The minimum absolute atomic E-state index is 0.00416. The average molecular weight is 312 g/mol. The van der Waals surface area contributed by atoms with Crippen molar-refractivity contribution in [2.24, 2.45) is 5.73 Å². The van der Waals surface area contributed by atoms with E-state index >= 15 is 0 Å². The quantitative estimate of drug-likeness (QED) is 0.875. The zero-order valence-corrected chi connectivity index (χ0v) is 12.2. The maximum atomic E-state index is 11.7. The van der Waals surface area contributed by atoms with E-state index in [1.54, 1.807) is 0 Å². The molecule has 1 heterocycles. The van der Waals surface area contributed by atoms with Crippen LogP contribution in [-0.4, -0.2) is 25.0 Å². The molecular formula is C13H18BrN3O. The van der Waals surface area contributed by atoms with Crippen LogP contribution in [0.4, 0.5) is 5.69 Å². The van der Waals surface area contributed by atoms with E-state index in [1.807, 2.05) is 32.0 Å². The number of hydrogen-bond donors (Lipinski definition) is 2. The van der Waals surface area contributed by atoms with Crippen LogP contribution in [0.15, 0.2) is 22.7 Å². The predicted molar refractivity (Wildman–Crippen MR) is 76.6 cm³/mol. The van der Waals surface area contributed by atoms with E-state index < -0.39 is 0 Å². The summed E-state index contributed by atoms with van der Waals surface area (Å²) in [5.41, 5.74) is 8.01. The third-order valence-corrected chi connectivity index (χ3v) is 3.99. The van der Waals surface area contributed by atoms with Crippen LogP contribution in [0.3, 0.4) is 0 Å². The van der Waals surface area contributed by atoms with Gasteiger partial charge in [-0.1, -0.05) is 22.0 Å². The smallest absolute Gasteiger partial charge is 0.242 e. The first-order valence-corrected chi connectivity index (χ1v) is 6.89. The molecule has 0 aromatic heterocycles. The lowest BCUT2D eigenvalue weighted by Gasteiger charge is -2.35. The summed E-state index contributed by atoms with van der Waals surface area (Å²) < 4.78 is 0.994. The van der Waals surface area contributed by atoms with Gasteiger partial charge < -0.3 is 16.0 Å². The van der Waals surface area contributed by atoms with Crippen LogP contribution in [0, 0.1) is 0 Å². The monoisotopic (exact) mass is 311 g/mol. The summed E-state index contributed by atoms with van der Waals surface area (Å²) >= 11 is 3.54. The van der Waals surface area contributed by atoms with Gasteiger partial charge in [-0.15, -0.1) is 0 Å². The van der Waals surface area contributed by atoms with E-state index in [9.17, 15) is 4.79 Å². The molecule has 18 heavy (non-hydrogen) atoms. The number of piperazine rings is 1. The molecule has 3 N–H and O–H groups in total. The molecule has 98 valence electrons. The number of carbonyl (C=O) groups excluding carboxylic acids is 1. The van der Waals surface area contributed by atoms with Crippen LogP contribution in [0.2, 0.25) is 0 Å². The molecule has 1 amide bonds. The van der Waals surface area contributed by atoms with Gasteiger partial charge in [0.1, 0.15) is 6.04 Å². The molecule has 1 aromatic carbocycles. The Morgan fingerprint density at radius 3 is 2.89 bits per heavy atom. The number of halogens is 1. The second-order valence-corrected chi connectivity index (χ2v) is 5.51. The Balaban J connectivity index is 2.28. The molecule has 0 saturated carbocycles. The maximum Gasteiger partial charge on any atom is 0.242 e. The summed E-state index contributed by atoms with van der Waals surface area (Å²) in [4.78, 5) is 13.8. The Bertz CT molecular complexity index is 462. The highest BCUT2D eigenvalue weighted by molar-refractivity contribution is 9.10. The second-order valence-electron chi connectivity index (χ2n) is 4.65. The highest BCUT2D eigenvalue weighted by atomic mass is 79.9. The lowest BCUT2D eigenvalue weighted by Crippen LogP contribution is -2.54. The van der Waals surface area contributed by atoms with Gasteiger partial charge in [0.25, 0.3) is 0 Å². The third kappa shape index (κ3) is 2.52. The van der Waals surface area contributed by atoms with E-state index in [1.165, 1.54) is 0 Å². The van der Waals surface area contributed by atoms with Gasteiger partial charge >= 0.3 is 0 Å². The number of amides is 1. The molecule has 1 aliphatic heterocycles. The van der Waals surface area contributed by atoms with Crippen molar-refractivity contribution in [1.82, 2.24) is 5.32 Å². The molecular weight excluding hydrogens is 294 g/mol. The number of benzene rings is 1. The van der Waals surface area contributed by atoms with Gasteiger partial charge in [-0.25, -0.2) is 0 Å². The van der Waals surface area contributed by atoms with Crippen LogP contribution < -0.4 is 16.0 Å². The number of anilines is 1. The Kier molecular flexibility index (Phi) is 3.92. The second kappa shape index (κ2) is 5.28. The van der Waals surface area contributed by atoms with Crippen LogP contribution >= 0.6 is 15.9 Å². The first kappa shape index (κ1) is 13.4. The number of nitrogens with two attached hydrogens (primary N) is 1. The van der Waals surface area contributed by atoms with Crippen LogP contribution in [0.5, 0.6) is 0 Å². The van der Waals surface area contributed by atoms with Crippen molar-refractivity contribution in [3.63, 3.8) is 0 Å². The summed E-state index contributed by atoms with van der Waals surface area (Å²) in [6.07, 6.45) is 0. The topological polar surface area (TPSA) is 58.4 Å². The Labute approximate surface area is 116 Å². The Hall–Kier alpha value is -1.07. The number of hydrogen-bond acceptors (Lipinski definition) is 3. The van der Waals surface area contributed by atoms with E-state index in [4.69, 9.17) is 5.73 Å². The van der Waals surface area contributed by atoms with Gasteiger partial charge in [0.2, 0.25) is 5.91 Å². The molecule has 1 unspecified atom stereocenters. The number of rotatable bonds is 2. The number of nitrogens with zero attached hydrogens (tertiary/aromatic N) is 1. The Morgan fingerprint density at radius 2 is 2.28 bits per heavy atom. The molecule has 5 heteroatoms. The summed E-state index contributed by atoms with van der Waals surface area (Å²) in [6.45, 7) is 5.39. The molecule has 0 spiro atoms. The number of nitrogens with one attached hydrogen (secondary N) is 1. The highest BCUT2D eigenvalue weighted by Gasteiger charge is 2.25. The summed E-state index contributed by atoms with van der Waals surface area (Å²) in [5.74, 6) is 0.0774. The zero-order chi connectivity index (χ0) is 13.3. The van der Waals surface area contributed by atoms with Gasteiger partial charge in [0, 0.05) is 29.3 Å². The molecule has 2 rings (SSSR count). The third-order valence-electron chi connectivity index (χ3n) is 3.31. The lowest BCUT2D eigenvalue weighted by atomic mass is 10.1. The number of carbonyl (C=O) groups is 1. The molecule has 1 saturated heterocycles. The van der Waals surface area contributed by atoms with Crippen LogP contribution in [0.1, 0.15) is 25.5 Å². The van der Waals surface area contributed by atoms with Crippen molar-refractivity contribution < 1.29 is 4.79 Å². The fourth-order valence-electron chi connectivity index (χ4n) is 2.20. The fraction of sp³-hybridized carbons (Fsp3) is 0.462. The van der Waals surface area contributed by atoms with E-state index in [-0.39, 0.29) is 18.0 Å². The van der Waals surface area contributed by atoms with E-state index in [2.05, 4.69) is 26.1 Å². The van der Waals surface area contributed by atoms with Crippen molar-refractivity contribution in [2.45, 2.75) is 25.9 Å². The first-order chi connectivity index (χ1) is 8.50. The average Bonchev–Trinajstić information content (AvgIpc) is 2.32. The largest absolute Gasteiger partial charge is 0.358 e. The normalized spacial score (nSPS) is 21.7. The van der Waals surface area contributed by atoms with Gasteiger partial charge in [-0.05, 0) is 31.5 Å². The van der Waals surface area contributed by atoms with Gasteiger partial charge in [-0.2, -0.15) is 0 Å². The van der Waals surface area contributed by atoms with Crippen molar-refractivity contribution in [3.05, 3.63) is 28.2 Å². The Morgan fingerprint density at radius 1 is 1.56 bits per heavy atom. The minimum atomic E-state index is -0.133.